The van der Waals surface area contributed by atoms with Gasteiger partial charge in [-0.1, -0.05) is 26.2 Å². The summed E-state index contributed by atoms with van der Waals surface area (Å²) < 4.78 is 5.56. The van der Waals surface area contributed by atoms with Crippen molar-refractivity contribution in [3.8, 4) is 0 Å². The summed E-state index contributed by atoms with van der Waals surface area (Å²) in [4.78, 5) is 13.1. The fourth-order valence-electron chi connectivity index (χ4n) is 2.49. The molecule has 0 unspecified atom stereocenters. The molecule has 1 fully saturated rings. The lowest BCUT2D eigenvalue weighted by Crippen LogP contribution is -2.38. The summed E-state index contributed by atoms with van der Waals surface area (Å²) in [6.45, 7) is 5.97. The molecule has 4 nitrogen and oxygen atoms in total. The molecule has 0 atom stereocenters. The lowest BCUT2D eigenvalue weighted by molar-refractivity contribution is -0.130. The van der Waals surface area contributed by atoms with Crippen LogP contribution >= 0.6 is 0 Å². The van der Waals surface area contributed by atoms with Gasteiger partial charge in [-0.15, -0.1) is 0 Å². The average Bonchev–Trinajstić information content (AvgIpc) is 2.33. The van der Waals surface area contributed by atoms with Crippen LogP contribution in [-0.4, -0.2) is 47.8 Å². The van der Waals surface area contributed by atoms with Gasteiger partial charge in [0, 0.05) is 20.0 Å². The summed E-state index contributed by atoms with van der Waals surface area (Å²) in [6, 6.07) is 0. The lowest BCUT2D eigenvalue weighted by Gasteiger charge is -2.32. The molecule has 0 aromatic carbocycles. The van der Waals surface area contributed by atoms with Crippen LogP contribution in [0, 0.1) is 0 Å². The molecule has 1 rings (SSSR count). The van der Waals surface area contributed by atoms with E-state index in [1.807, 2.05) is 0 Å². The Morgan fingerprint density at radius 2 is 1.94 bits per heavy atom. The maximum Gasteiger partial charge on any atom is 0.219 e. The smallest absolute Gasteiger partial charge is 0.219 e. The highest BCUT2D eigenvalue weighted by atomic mass is 16.5. The first kappa shape index (κ1) is 15.4. The van der Waals surface area contributed by atoms with Gasteiger partial charge < -0.3 is 14.7 Å². The van der Waals surface area contributed by atoms with Gasteiger partial charge in [0.1, 0.15) is 0 Å². The Labute approximate surface area is 110 Å². The van der Waals surface area contributed by atoms with Crippen molar-refractivity contribution in [2.45, 2.75) is 58.0 Å². The second-order valence-corrected chi connectivity index (χ2v) is 5.34. The maximum atomic E-state index is 11.3. The summed E-state index contributed by atoms with van der Waals surface area (Å²) in [5.74, 6) is 0.0943. The zero-order valence-corrected chi connectivity index (χ0v) is 11.8. The minimum absolute atomic E-state index is 0.0943. The molecular formula is C14H27NO3. The molecule has 0 heterocycles. The predicted molar refractivity (Wildman–Crippen MR) is 71.4 cm³/mol. The van der Waals surface area contributed by atoms with Crippen molar-refractivity contribution in [1.29, 1.82) is 0 Å². The van der Waals surface area contributed by atoms with Crippen molar-refractivity contribution in [3.05, 3.63) is 0 Å². The number of amides is 1. The van der Waals surface area contributed by atoms with E-state index in [9.17, 15) is 9.90 Å². The van der Waals surface area contributed by atoms with E-state index >= 15 is 0 Å². The first-order chi connectivity index (χ1) is 8.57. The van der Waals surface area contributed by atoms with Gasteiger partial charge >= 0.3 is 0 Å². The van der Waals surface area contributed by atoms with E-state index in [4.69, 9.17) is 4.74 Å². The van der Waals surface area contributed by atoms with Gasteiger partial charge in [-0.3, -0.25) is 4.79 Å². The normalized spacial score (nSPS) is 18.6. The summed E-state index contributed by atoms with van der Waals surface area (Å²) in [6.07, 6.45) is 6.06. The van der Waals surface area contributed by atoms with Crippen molar-refractivity contribution < 1.29 is 14.6 Å². The van der Waals surface area contributed by atoms with Crippen LogP contribution in [0.2, 0.25) is 0 Å². The number of hydrogen-bond donors (Lipinski definition) is 1. The van der Waals surface area contributed by atoms with E-state index in [0.717, 1.165) is 38.6 Å². The van der Waals surface area contributed by atoms with Crippen LogP contribution in [-0.2, 0) is 9.53 Å². The Bertz CT molecular complexity index is 249. The van der Waals surface area contributed by atoms with Crippen LogP contribution < -0.4 is 0 Å². The minimum Gasteiger partial charge on any atom is -0.387 e. The van der Waals surface area contributed by atoms with E-state index in [1.165, 1.54) is 6.42 Å². The molecule has 18 heavy (non-hydrogen) atoms. The fraction of sp³-hybridized carbons (Fsp3) is 0.929. The molecule has 1 aliphatic carbocycles. The average molecular weight is 257 g/mol. The monoisotopic (exact) mass is 257 g/mol. The Balaban J connectivity index is 2.18. The summed E-state index contributed by atoms with van der Waals surface area (Å²) in [7, 11) is 0. The maximum absolute atomic E-state index is 11.3. The molecule has 1 N–H and O–H groups in total. The summed E-state index contributed by atoms with van der Waals surface area (Å²) in [5.41, 5.74) is -0.621. The van der Waals surface area contributed by atoms with Crippen LogP contribution in [0.15, 0.2) is 0 Å². The third-order valence-corrected chi connectivity index (χ3v) is 3.60. The summed E-state index contributed by atoms with van der Waals surface area (Å²) >= 11 is 0. The van der Waals surface area contributed by atoms with Crippen molar-refractivity contribution in [1.82, 2.24) is 4.90 Å². The number of hydrogen-bond acceptors (Lipinski definition) is 3. The quantitative estimate of drug-likeness (QED) is 0.709. The number of aliphatic hydroxyl groups is 1. The highest BCUT2D eigenvalue weighted by Gasteiger charge is 2.29. The van der Waals surface area contributed by atoms with Gasteiger partial charge in [-0.05, 0) is 19.3 Å². The standard InChI is InChI=1S/C14H27NO3/c1-3-9-15(13(2)16)10-11-18-12-14(17)7-5-4-6-8-14/h17H,3-12H2,1-2H3. The fourth-order valence-corrected chi connectivity index (χ4v) is 2.49. The topological polar surface area (TPSA) is 49.8 Å². The number of carbonyl (C=O) groups excluding carboxylic acids is 1. The molecule has 1 saturated carbocycles. The second kappa shape index (κ2) is 7.74. The highest BCUT2D eigenvalue weighted by molar-refractivity contribution is 5.73. The molecule has 1 amide bonds. The van der Waals surface area contributed by atoms with Gasteiger partial charge in [0.15, 0.2) is 0 Å². The van der Waals surface area contributed by atoms with Gasteiger partial charge in [0.2, 0.25) is 5.91 Å². The Hall–Kier alpha value is -0.610. The van der Waals surface area contributed by atoms with Crippen molar-refractivity contribution in [2.75, 3.05) is 26.3 Å². The first-order valence-corrected chi connectivity index (χ1v) is 7.13. The molecule has 0 aromatic heterocycles. The number of nitrogens with zero attached hydrogens (tertiary/aromatic N) is 1. The van der Waals surface area contributed by atoms with Crippen LogP contribution in [0.25, 0.3) is 0 Å². The molecular weight excluding hydrogens is 230 g/mol. The first-order valence-electron chi connectivity index (χ1n) is 7.13. The van der Waals surface area contributed by atoms with E-state index in [1.54, 1.807) is 11.8 Å². The van der Waals surface area contributed by atoms with Crippen LogP contribution in [0.3, 0.4) is 0 Å². The Kier molecular flexibility index (Phi) is 6.65. The highest BCUT2D eigenvalue weighted by Crippen LogP contribution is 2.28. The van der Waals surface area contributed by atoms with Crippen molar-refractivity contribution in [2.24, 2.45) is 0 Å². The van der Waals surface area contributed by atoms with Gasteiger partial charge in [0.05, 0.1) is 18.8 Å². The van der Waals surface area contributed by atoms with Crippen LogP contribution in [0.1, 0.15) is 52.4 Å². The van der Waals surface area contributed by atoms with Crippen LogP contribution in [0.4, 0.5) is 0 Å². The largest absolute Gasteiger partial charge is 0.387 e. The number of ether oxygens (including phenoxy) is 1. The number of rotatable bonds is 7. The van der Waals surface area contributed by atoms with E-state index < -0.39 is 5.60 Å². The Morgan fingerprint density at radius 1 is 1.28 bits per heavy atom. The molecule has 0 bridgehead atoms. The second-order valence-electron chi connectivity index (χ2n) is 5.34. The van der Waals surface area contributed by atoms with E-state index in [-0.39, 0.29) is 5.91 Å². The third kappa shape index (κ3) is 5.36. The van der Waals surface area contributed by atoms with E-state index in [0.29, 0.717) is 19.8 Å². The Morgan fingerprint density at radius 3 is 2.50 bits per heavy atom. The molecule has 0 aliphatic heterocycles. The lowest BCUT2D eigenvalue weighted by atomic mass is 9.86. The van der Waals surface area contributed by atoms with Gasteiger partial charge in [0.25, 0.3) is 0 Å². The third-order valence-electron chi connectivity index (χ3n) is 3.60. The molecule has 1 aliphatic rings. The predicted octanol–water partition coefficient (Wildman–Crippen LogP) is 1.96. The molecule has 0 saturated heterocycles. The zero-order chi connectivity index (χ0) is 13.4. The summed E-state index contributed by atoms with van der Waals surface area (Å²) in [5, 5.41) is 10.2. The van der Waals surface area contributed by atoms with E-state index in [2.05, 4.69) is 6.92 Å². The van der Waals surface area contributed by atoms with Crippen molar-refractivity contribution in [3.63, 3.8) is 0 Å². The molecule has 4 heteroatoms. The van der Waals surface area contributed by atoms with Gasteiger partial charge in [-0.25, -0.2) is 0 Å². The SMILES string of the molecule is CCCN(CCOCC1(O)CCCCC1)C(C)=O. The molecule has 106 valence electrons. The minimum atomic E-state index is -0.621. The van der Waals surface area contributed by atoms with Crippen LogP contribution in [0.5, 0.6) is 0 Å². The van der Waals surface area contributed by atoms with Gasteiger partial charge in [-0.2, -0.15) is 0 Å². The van der Waals surface area contributed by atoms with Crippen molar-refractivity contribution >= 4 is 5.91 Å². The molecule has 0 radical (unpaired) electrons. The zero-order valence-electron chi connectivity index (χ0n) is 11.8. The number of carbonyl (C=O) groups is 1. The molecule has 0 spiro atoms. The molecule has 0 aromatic rings.